The molecule has 0 radical (unpaired) electrons. The number of hydrogen-bond donors (Lipinski definition) is 1. The van der Waals surface area contributed by atoms with E-state index < -0.39 is 0 Å². The van der Waals surface area contributed by atoms with Crippen molar-refractivity contribution in [2.45, 2.75) is 38.0 Å². The van der Waals surface area contributed by atoms with Crippen LogP contribution in [-0.2, 0) is 6.61 Å². The predicted octanol–water partition coefficient (Wildman–Crippen LogP) is 0.180. The third-order valence-corrected chi connectivity index (χ3v) is 3.58. The first-order valence-corrected chi connectivity index (χ1v) is 5.62. The van der Waals surface area contributed by atoms with Crippen LogP contribution < -0.4 is 0 Å². The van der Waals surface area contributed by atoms with E-state index in [0.29, 0.717) is 11.7 Å². The summed E-state index contributed by atoms with van der Waals surface area (Å²) in [6, 6.07) is 1.31. The molecule has 2 heterocycles. The Morgan fingerprint density at radius 1 is 1.33 bits per heavy atom. The molecule has 1 aliphatic heterocycles. The van der Waals surface area contributed by atoms with Gasteiger partial charge in [0.1, 0.15) is 5.69 Å². The molecule has 0 amide bonds. The van der Waals surface area contributed by atoms with Crippen LogP contribution in [0.2, 0.25) is 0 Å². The number of hydrogen-bond acceptors (Lipinski definition) is 4. The minimum Gasteiger partial charge on any atom is -0.390 e. The highest BCUT2D eigenvalue weighted by molar-refractivity contribution is 4.96. The molecule has 5 nitrogen and oxygen atoms in total. The maximum atomic E-state index is 8.88. The van der Waals surface area contributed by atoms with Crippen molar-refractivity contribution in [2.24, 2.45) is 0 Å². The topological polar surface area (TPSA) is 54.2 Å². The van der Waals surface area contributed by atoms with Gasteiger partial charge in [-0.25, -0.2) is 4.68 Å². The molecular weight excluding hydrogens is 192 g/mol. The monoisotopic (exact) mass is 208 g/mol. The van der Waals surface area contributed by atoms with Gasteiger partial charge in [-0.05, 0) is 12.8 Å². The number of aliphatic hydroxyl groups excluding tert-OH is 1. The zero-order valence-electron chi connectivity index (χ0n) is 8.71. The summed E-state index contributed by atoms with van der Waals surface area (Å²) in [5, 5.41) is 16.8. The second kappa shape index (κ2) is 3.57. The van der Waals surface area contributed by atoms with Crippen LogP contribution >= 0.6 is 0 Å². The molecule has 0 aromatic carbocycles. The molecule has 1 saturated carbocycles. The van der Waals surface area contributed by atoms with E-state index in [-0.39, 0.29) is 6.61 Å². The van der Waals surface area contributed by atoms with Crippen LogP contribution in [0.25, 0.3) is 0 Å². The van der Waals surface area contributed by atoms with Crippen molar-refractivity contribution in [3.63, 3.8) is 0 Å². The van der Waals surface area contributed by atoms with Crippen LogP contribution in [0.3, 0.4) is 0 Å². The third-order valence-electron chi connectivity index (χ3n) is 3.58. The summed E-state index contributed by atoms with van der Waals surface area (Å²) < 4.78 is 1.89. The average molecular weight is 208 g/mol. The average Bonchev–Trinajstić information content (AvgIpc) is 2.54. The summed E-state index contributed by atoms with van der Waals surface area (Å²) in [5.74, 6) is 0. The molecule has 15 heavy (non-hydrogen) atoms. The molecule has 1 N–H and O–H groups in total. The van der Waals surface area contributed by atoms with Crippen LogP contribution in [0.15, 0.2) is 6.20 Å². The van der Waals surface area contributed by atoms with Gasteiger partial charge in [0.2, 0.25) is 0 Å². The summed E-state index contributed by atoms with van der Waals surface area (Å²) in [6.45, 7) is 2.18. The van der Waals surface area contributed by atoms with E-state index in [4.69, 9.17) is 5.11 Å². The second-order valence-electron chi connectivity index (χ2n) is 4.54. The fraction of sp³-hybridized carbons (Fsp3) is 0.800. The summed E-state index contributed by atoms with van der Waals surface area (Å²) >= 11 is 0. The quantitative estimate of drug-likeness (QED) is 0.770. The number of aliphatic hydroxyl groups is 1. The van der Waals surface area contributed by atoms with Crippen LogP contribution in [0.1, 0.15) is 31.0 Å². The van der Waals surface area contributed by atoms with Gasteiger partial charge in [0.05, 0.1) is 18.8 Å². The molecule has 1 saturated heterocycles. The largest absolute Gasteiger partial charge is 0.390 e. The van der Waals surface area contributed by atoms with E-state index in [1.807, 2.05) is 10.9 Å². The minimum atomic E-state index is -0.0148. The van der Waals surface area contributed by atoms with Gasteiger partial charge in [-0.3, -0.25) is 4.90 Å². The van der Waals surface area contributed by atoms with Gasteiger partial charge in [-0.1, -0.05) is 11.6 Å². The summed E-state index contributed by atoms with van der Waals surface area (Å²) in [5.41, 5.74) is 0.664. The lowest BCUT2D eigenvalue weighted by atomic mass is 9.88. The zero-order chi connectivity index (χ0) is 10.3. The highest BCUT2D eigenvalue weighted by Gasteiger charge is 2.36. The van der Waals surface area contributed by atoms with Crippen molar-refractivity contribution >= 4 is 0 Å². The van der Waals surface area contributed by atoms with Crippen LogP contribution in [-0.4, -0.2) is 44.1 Å². The highest BCUT2D eigenvalue weighted by Crippen LogP contribution is 2.32. The normalized spacial score (nSPS) is 23.8. The molecule has 0 spiro atoms. The Labute approximate surface area is 88.7 Å². The van der Waals surface area contributed by atoms with Crippen LogP contribution in [0.4, 0.5) is 0 Å². The molecule has 1 aromatic rings. The van der Waals surface area contributed by atoms with E-state index in [9.17, 15) is 0 Å². The van der Waals surface area contributed by atoms with Gasteiger partial charge in [-0.15, -0.1) is 5.10 Å². The van der Waals surface area contributed by atoms with Gasteiger partial charge < -0.3 is 5.11 Å². The number of nitrogens with zero attached hydrogens (tertiary/aromatic N) is 4. The van der Waals surface area contributed by atoms with Gasteiger partial charge in [0.15, 0.2) is 0 Å². The van der Waals surface area contributed by atoms with E-state index in [1.54, 1.807) is 0 Å². The molecule has 1 aromatic heterocycles. The predicted molar refractivity (Wildman–Crippen MR) is 54.2 cm³/mol. The van der Waals surface area contributed by atoms with E-state index in [2.05, 4.69) is 15.2 Å². The Morgan fingerprint density at radius 2 is 2.13 bits per heavy atom. The number of aromatic nitrogens is 3. The van der Waals surface area contributed by atoms with E-state index in [1.165, 1.54) is 19.3 Å². The van der Waals surface area contributed by atoms with Crippen molar-refractivity contribution in [3.05, 3.63) is 11.9 Å². The molecule has 5 heteroatoms. The van der Waals surface area contributed by atoms with E-state index >= 15 is 0 Å². The first kappa shape index (κ1) is 9.30. The molecule has 2 fully saturated rings. The second-order valence-corrected chi connectivity index (χ2v) is 4.54. The van der Waals surface area contributed by atoms with Gasteiger partial charge in [-0.2, -0.15) is 0 Å². The molecule has 82 valence electrons. The van der Waals surface area contributed by atoms with Crippen molar-refractivity contribution in [1.82, 2.24) is 19.9 Å². The first-order chi connectivity index (χ1) is 7.36. The SMILES string of the molecule is OCc1cn(C2CN(C3CCC3)C2)nn1. The fourth-order valence-electron chi connectivity index (χ4n) is 2.27. The number of rotatable bonds is 3. The van der Waals surface area contributed by atoms with Crippen LogP contribution in [0, 0.1) is 0 Å². The maximum Gasteiger partial charge on any atom is 0.108 e. The summed E-state index contributed by atoms with van der Waals surface area (Å²) in [6.07, 6.45) is 5.98. The third kappa shape index (κ3) is 1.55. The standard InChI is InChI=1S/C10H16N4O/c15-7-8-4-14(12-11-8)10-5-13(6-10)9-2-1-3-9/h4,9-10,15H,1-3,5-7H2. The van der Waals surface area contributed by atoms with Gasteiger partial charge >= 0.3 is 0 Å². The fourth-order valence-corrected chi connectivity index (χ4v) is 2.27. The molecule has 0 atom stereocenters. The summed E-state index contributed by atoms with van der Waals surface area (Å²) in [7, 11) is 0. The minimum absolute atomic E-state index is 0.0148. The maximum absolute atomic E-state index is 8.88. The lowest BCUT2D eigenvalue weighted by Crippen LogP contribution is -2.54. The summed E-state index contributed by atoms with van der Waals surface area (Å²) in [4.78, 5) is 2.52. The molecule has 0 unspecified atom stereocenters. The Bertz CT molecular complexity index is 341. The molecule has 0 bridgehead atoms. The Hall–Kier alpha value is -0.940. The Morgan fingerprint density at radius 3 is 2.67 bits per heavy atom. The van der Waals surface area contributed by atoms with Crippen molar-refractivity contribution in [3.8, 4) is 0 Å². The van der Waals surface area contributed by atoms with Gasteiger partial charge in [0.25, 0.3) is 0 Å². The smallest absolute Gasteiger partial charge is 0.108 e. The van der Waals surface area contributed by atoms with Crippen molar-refractivity contribution in [2.75, 3.05) is 13.1 Å². The molecule has 3 rings (SSSR count). The molecule has 1 aliphatic carbocycles. The first-order valence-electron chi connectivity index (χ1n) is 5.62. The molecular formula is C10H16N4O. The lowest BCUT2D eigenvalue weighted by Gasteiger charge is -2.47. The highest BCUT2D eigenvalue weighted by atomic mass is 16.3. The lowest BCUT2D eigenvalue weighted by molar-refractivity contribution is 0.0174. The van der Waals surface area contributed by atoms with Crippen LogP contribution in [0.5, 0.6) is 0 Å². The Balaban J connectivity index is 1.57. The van der Waals surface area contributed by atoms with Gasteiger partial charge in [0, 0.05) is 19.1 Å². The zero-order valence-corrected chi connectivity index (χ0v) is 8.71. The Kier molecular flexibility index (Phi) is 2.21. The molecule has 2 aliphatic rings. The van der Waals surface area contributed by atoms with Crippen molar-refractivity contribution < 1.29 is 5.11 Å². The van der Waals surface area contributed by atoms with E-state index in [0.717, 1.165) is 19.1 Å². The number of likely N-dealkylation sites (tertiary alicyclic amines) is 1. The van der Waals surface area contributed by atoms with Crippen molar-refractivity contribution in [1.29, 1.82) is 0 Å².